The van der Waals surface area contributed by atoms with Crippen LogP contribution in [-0.4, -0.2) is 64.7 Å². The molecule has 24 heavy (non-hydrogen) atoms. The summed E-state index contributed by atoms with van der Waals surface area (Å²) in [6.07, 6.45) is -0.846. The Bertz CT molecular complexity index is 361. The van der Waals surface area contributed by atoms with Crippen LogP contribution in [0.15, 0.2) is 0 Å². The molecule has 1 fully saturated rings. The van der Waals surface area contributed by atoms with Crippen molar-refractivity contribution >= 4 is 5.97 Å². The van der Waals surface area contributed by atoms with E-state index < -0.39 is 30.7 Å². The number of esters is 1. The zero-order valence-corrected chi connectivity index (χ0v) is 14.9. The maximum Gasteiger partial charge on any atom is 0.305 e. The van der Waals surface area contributed by atoms with Gasteiger partial charge in [-0.05, 0) is 20.3 Å². The van der Waals surface area contributed by atoms with Gasteiger partial charge >= 0.3 is 5.97 Å². The normalized spacial score (nSPS) is 30.5. The van der Waals surface area contributed by atoms with E-state index in [9.17, 15) is 20.1 Å². The van der Waals surface area contributed by atoms with Crippen LogP contribution in [0.3, 0.4) is 0 Å². The van der Waals surface area contributed by atoms with Crippen LogP contribution in [0.1, 0.15) is 59.3 Å². The summed E-state index contributed by atoms with van der Waals surface area (Å²) in [6, 6.07) is 0. The van der Waals surface area contributed by atoms with Gasteiger partial charge in [0.05, 0.1) is 6.10 Å². The first kappa shape index (κ1) is 21.3. The second kappa shape index (κ2) is 11.0. The van der Waals surface area contributed by atoms with E-state index in [1.54, 1.807) is 13.8 Å². The predicted molar refractivity (Wildman–Crippen MR) is 87.2 cm³/mol. The smallest absolute Gasteiger partial charge is 0.305 e. The highest BCUT2D eigenvalue weighted by Crippen LogP contribution is 2.23. The SMILES string of the molecule is CCCCCCCC(=O)OC[C@H]1O[C@H](OC(C)C)[C@H](O)[C@@H](O)[C@@H]1O. The third-order valence-electron chi connectivity index (χ3n) is 3.97. The summed E-state index contributed by atoms with van der Waals surface area (Å²) in [5, 5.41) is 29.7. The number of ether oxygens (including phenoxy) is 3. The number of hydrogen-bond donors (Lipinski definition) is 3. The third-order valence-corrected chi connectivity index (χ3v) is 3.97. The zero-order chi connectivity index (χ0) is 18.1. The maximum atomic E-state index is 11.7. The molecule has 0 radical (unpaired) electrons. The number of unbranched alkanes of at least 4 members (excludes halogenated alkanes) is 4. The number of aliphatic hydroxyl groups is 3. The monoisotopic (exact) mass is 348 g/mol. The van der Waals surface area contributed by atoms with Crippen molar-refractivity contribution in [2.24, 2.45) is 0 Å². The lowest BCUT2D eigenvalue weighted by atomic mass is 9.99. The second-order valence-corrected chi connectivity index (χ2v) is 6.55. The van der Waals surface area contributed by atoms with Crippen molar-refractivity contribution in [3.8, 4) is 0 Å². The fraction of sp³-hybridized carbons (Fsp3) is 0.941. The molecule has 7 heteroatoms. The molecule has 0 saturated carbocycles. The van der Waals surface area contributed by atoms with E-state index in [0.29, 0.717) is 6.42 Å². The molecule has 3 N–H and O–H groups in total. The maximum absolute atomic E-state index is 11.7. The van der Waals surface area contributed by atoms with Gasteiger partial charge in [0.25, 0.3) is 0 Å². The molecule has 0 aromatic carbocycles. The molecule has 0 aromatic rings. The van der Waals surface area contributed by atoms with Crippen LogP contribution in [0.2, 0.25) is 0 Å². The molecule has 0 bridgehead atoms. The number of carbonyl (C=O) groups is 1. The third kappa shape index (κ3) is 7.03. The van der Waals surface area contributed by atoms with E-state index in [2.05, 4.69) is 6.92 Å². The van der Waals surface area contributed by atoms with Crippen molar-refractivity contribution in [2.45, 2.75) is 96.1 Å². The van der Waals surface area contributed by atoms with Crippen LogP contribution in [-0.2, 0) is 19.0 Å². The molecule has 0 spiro atoms. The minimum atomic E-state index is -1.42. The summed E-state index contributed by atoms with van der Waals surface area (Å²) in [5.41, 5.74) is 0. The second-order valence-electron chi connectivity index (χ2n) is 6.55. The van der Waals surface area contributed by atoms with Gasteiger partial charge in [0, 0.05) is 6.42 Å². The van der Waals surface area contributed by atoms with Crippen LogP contribution in [0.5, 0.6) is 0 Å². The van der Waals surface area contributed by atoms with Gasteiger partial charge in [0.15, 0.2) is 6.29 Å². The van der Waals surface area contributed by atoms with E-state index >= 15 is 0 Å². The molecule has 0 aromatic heterocycles. The fourth-order valence-corrected chi connectivity index (χ4v) is 2.56. The molecule has 1 heterocycles. The lowest BCUT2D eigenvalue weighted by Crippen LogP contribution is -2.59. The molecule has 0 aliphatic carbocycles. The van der Waals surface area contributed by atoms with Gasteiger partial charge in [-0.2, -0.15) is 0 Å². The van der Waals surface area contributed by atoms with Crippen molar-refractivity contribution < 1.29 is 34.3 Å². The van der Waals surface area contributed by atoms with Crippen LogP contribution in [0, 0.1) is 0 Å². The number of aliphatic hydroxyl groups excluding tert-OH is 3. The van der Waals surface area contributed by atoms with Crippen LogP contribution >= 0.6 is 0 Å². The summed E-state index contributed by atoms with van der Waals surface area (Å²) in [7, 11) is 0. The molecule has 7 nitrogen and oxygen atoms in total. The molecule has 142 valence electrons. The largest absolute Gasteiger partial charge is 0.463 e. The predicted octanol–water partition coefficient (Wildman–Crippen LogP) is 1.12. The first-order chi connectivity index (χ1) is 11.4. The molecule has 1 rings (SSSR count). The highest BCUT2D eigenvalue weighted by molar-refractivity contribution is 5.69. The van der Waals surface area contributed by atoms with E-state index in [0.717, 1.165) is 32.1 Å². The number of rotatable bonds is 10. The molecule has 1 saturated heterocycles. The van der Waals surface area contributed by atoms with Gasteiger partial charge in [0.1, 0.15) is 31.0 Å². The summed E-state index contributed by atoms with van der Waals surface area (Å²) < 4.78 is 15.9. The Morgan fingerprint density at radius 1 is 1.04 bits per heavy atom. The van der Waals surface area contributed by atoms with Gasteiger partial charge in [-0.1, -0.05) is 32.6 Å². The Hall–Kier alpha value is -0.730. The van der Waals surface area contributed by atoms with Crippen molar-refractivity contribution in [1.29, 1.82) is 0 Å². The van der Waals surface area contributed by atoms with Gasteiger partial charge in [-0.3, -0.25) is 4.79 Å². The number of carbonyl (C=O) groups excluding carboxylic acids is 1. The van der Waals surface area contributed by atoms with Gasteiger partial charge < -0.3 is 29.5 Å². The highest BCUT2D eigenvalue weighted by Gasteiger charge is 2.45. The Morgan fingerprint density at radius 3 is 2.33 bits per heavy atom. The van der Waals surface area contributed by atoms with Crippen LogP contribution in [0.4, 0.5) is 0 Å². The van der Waals surface area contributed by atoms with Crippen molar-refractivity contribution in [1.82, 2.24) is 0 Å². The topological polar surface area (TPSA) is 105 Å². The zero-order valence-electron chi connectivity index (χ0n) is 14.9. The van der Waals surface area contributed by atoms with Crippen molar-refractivity contribution in [2.75, 3.05) is 6.61 Å². The molecule has 1 aliphatic rings. The molecule has 5 atom stereocenters. The average molecular weight is 348 g/mol. The standard InChI is InChI=1S/C17H32O7/c1-4-5-6-7-8-9-13(18)22-10-12-14(19)15(20)16(21)17(24-12)23-11(2)3/h11-12,14-17,19-21H,4-10H2,1-3H3/t12-,14-,15+,16-,17+/m1/s1. The Morgan fingerprint density at radius 2 is 1.71 bits per heavy atom. The Balaban J connectivity index is 2.37. The summed E-state index contributed by atoms with van der Waals surface area (Å²) in [4.78, 5) is 11.7. The molecular weight excluding hydrogens is 316 g/mol. The molecular formula is C17H32O7. The van der Waals surface area contributed by atoms with Crippen LogP contribution in [0.25, 0.3) is 0 Å². The summed E-state index contributed by atoms with van der Waals surface area (Å²) in [5.74, 6) is -0.357. The van der Waals surface area contributed by atoms with Gasteiger partial charge in [-0.15, -0.1) is 0 Å². The highest BCUT2D eigenvalue weighted by atomic mass is 16.7. The summed E-state index contributed by atoms with van der Waals surface area (Å²) >= 11 is 0. The van der Waals surface area contributed by atoms with Crippen LogP contribution < -0.4 is 0 Å². The van der Waals surface area contributed by atoms with Crippen molar-refractivity contribution in [3.63, 3.8) is 0 Å². The quantitative estimate of drug-likeness (QED) is 0.401. The van der Waals surface area contributed by atoms with E-state index in [1.165, 1.54) is 0 Å². The molecule has 0 unspecified atom stereocenters. The first-order valence-corrected chi connectivity index (χ1v) is 8.87. The Labute approximate surface area is 143 Å². The van der Waals surface area contributed by atoms with Gasteiger partial charge in [0.2, 0.25) is 0 Å². The van der Waals surface area contributed by atoms with E-state index in [-0.39, 0.29) is 18.7 Å². The lowest BCUT2D eigenvalue weighted by molar-refractivity contribution is -0.309. The lowest BCUT2D eigenvalue weighted by Gasteiger charge is -2.40. The average Bonchev–Trinajstić information content (AvgIpc) is 2.53. The fourth-order valence-electron chi connectivity index (χ4n) is 2.56. The minimum Gasteiger partial charge on any atom is -0.463 e. The number of hydrogen-bond acceptors (Lipinski definition) is 7. The Kier molecular flexibility index (Phi) is 9.76. The first-order valence-electron chi connectivity index (χ1n) is 8.87. The van der Waals surface area contributed by atoms with Crippen molar-refractivity contribution in [3.05, 3.63) is 0 Å². The molecule has 1 aliphatic heterocycles. The van der Waals surface area contributed by atoms with E-state index in [4.69, 9.17) is 14.2 Å². The van der Waals surface area contributed by atoms with E-state index in [1.807, 2.05) is 0 Å². The summed E-state index contributed by atoms with van der Waals surface area (Å²) in [6.45, 7) is 5.48. The molecule has 0 amide bonds. The van der Waals surface area contributed by atoms with Gasteiger partial charge in [-0.25, -0.2) is 0 Å². The minimum absolute atomic E-state index is 0.184.